The molecule has 3 aliphatic rings. The van der Waals surface area contributed by atoms with Crippen LogP contribution in [0.2, 0.25) is 5.02 Å². The molecule has 0 bridgehead atoms. The monoisotopic (exact) mass is 298 g/mol. The molecule has 0 unspecified atom stereocenters. The van der Waals surface area contributed by atoms with Crippen LogP contribution in [0.3, 0.4) is 0 Å². The van der Waals surface area contributed by atoms with Crippen molar-refractivity contribution in [3.8, 4) is 0 Å². The van der Waals surface area contributed by atoms with E-state index in [1.807, 2.05) is 0 Å². The Bertz CT molecular complexity index is 1210. The highest BCUT2D eigenvalue weighted by molar-refractivity contribution is 6.38. The maximum absolute atomic E-state index is 6.66. The molecule has 0 spiro atoms. The Morgan fingerprint density at radius 3 is 1.64 bits per heavy atom. The maximum atomic E-state index is 6.66. The van der Waals surface area contributed by atoms with Gasteiger partial charge < -0.3 is 0 Å². The average molecular weight is 299 g/mol. The molecule has 4 aromatic carbocycles. The van der Waals surface area contributed by atoms with Gasteiger partial charge in [0.1, 0.15) is 0 Å². The third-order valence-corrected chi connectivity index (χ3v) is 6.43. The fourth-order valence-corrected chi connectivity index (χ4v) is 5.62. The number of rotatable bonds is 0. The molecule has 0 aliphatic heterocycles. The molecule has 0 radical (unpaired) electrons. The Hall–Kier alpha value is -2.05. The van der Waals surface area contributed by atoms with Crippen molar-refractivity contribution in [2.75, 3.05) is 0 Å². The number of hydrogen-bond donors (Lipinski definition) is 0. The summed E-state index contributed by atoms with van der Waals surface area (Å²) in [6, 6.07) is 11.6. The van der Waals surface area contributed by atoms with Gasteiger partial charge in [-0.05, 0) is 84.6 Å². The fraction of sp³-hybridized carbons (Fsp3) is 0.143. The van der Waals surface area contributed by atoms with Crippen LogP contribution in [-0.4, -0.2) is 0 Å². The highest BCUT2D eigenvalue weighted by Gasteiger charge is 2.32. The van der Waals surface area contributed by atoms with Crippen LogP contribution in [0.15, 0.2) is 30.3 Å². The van der Waals surface area contributed by atoms with Crippen LogP contribution in [-0.2, 0) is 19.3 Å². The number of hydrogen-bond acceptors (Lipinski definition) is 0. The predicted octanol–water partition coefficient (Wildman–Crippen LogP) is 5.51. The van der Waals surface area contributed by atoms with Gasteiger partial charge >= 0.3 is 0 Å². The van der Waals surface area contributed by atoms with Gasteiger partial charge in [0, 0.05) is 11.4 Å². The van der Waals surface area contributed by atoms with Crippen LogP contribution in [0.25, 0.3) is 32.3 Å². The lowest BCUT2D eigenvalue weighted by Gasteiger charge is -2.09. The molecule has 22 heavy (non-hydrogen) atoms. The van der Waals surface area contributed by atoms with Crippen molar-refractivity contribution in [2.24, 2.45) is 0 Å². The lowest BCUT2D eigenvalue weighted by Crippen LogP contribution is -1.86. The first-order valence-electron chi connectivity index (χ1n) is 7.96. The third-order valence-electron chi connectivity index (χ3n) is 6.10. The van der Waals surface area contributed by atoms with E-state index in [1.165, 1.54) is 60.3 Å². The summed E-state index contributed by atoms with van der Waals surface area (Å²) in [6.07, 6.45) is 3.14. The summed E-state index contributed by atoms with van der Waals surface area (Å²) in [7, 11) is 0. The van der Waals surface area contributed by atoms with Crippen molar-refractivity contribution in [3.05, 3.63) is 68.7 Å². The highest BCUT2D eigenvalue weighted by Crippen LogP contribution is 2.54. The van der Waals surface area contributed by atoms with Crippen LogP contribution in [0.1, 0.15) is 33.4 Å². The first kappa shape index (κ1) is 10.6. The Kier molecular flexibility index (Phi) is 1.46. The van der Waals surface area contributed by atoms with Gasteiger partial charge in [-0.25, -0.2) is 0 Å². The van der Waals surface area contributed by atoms with E-state index in [2.05, 4.69) is 30.3 Å². The normalized spacial score (nSPS) is 15.9. The maximum Gasteiger partial charge on any atom is 0.0450 e. The minimum Gasteiger partial charge on any atom is -0.0840 e. The molecule has 1 heteroatoms. The topological polar surface area (TPSA) is 0 Å². The molecule has 0 fully saturated rings. The molecule has 0 N–H and O–H groups in total. The van der Waals surface area contributed by atoms with E-state index >= 15 is 0 Å². The molecule has 3 aliphatic carbocycles. The molecule has 4 aromatic rings. The molecule has 0 nitrogen and oxygen atoms in total. The zero-order chi connectivity index (χ0) is 14.2. The van der Waals surface area contributed by atoms with Crippen LogP contribution in [0.4, 0.5) is 0 Å². The summed E-state index contributed by atoms with van der Waals surface area (Å²) in [4.78, 5) is 0. The van der Waals surface area contributed by atoms with Crippen molar-refractivity contribution in [1.29, 1.82) is 0 Å². The van der Waals surface area contributed by atoms with Crippen LogP contribution in [0, 0.1) is 0 Å². The van der Waals surface area contributed by atoms with Crippen molar-refractivity contribution >= 4 is 43.9 Å². The second-order valence-electron chi connectivity index (χ2n) is 7.04. The van der Waals surface area contributed by atoms with Gasteiger partial charge in [0.15, 0.2) is 0 Å². The minimum absolute atomic E-state index is 0.966. The highest BCUT2D eigenvalue weighted by atomic mass is 35.5. The van der Waals surface area contributed by atoms with Gasteiger partial charge in [0.2, 0.25) is 0 Å². The molecule has 7 rings (SSSR count). The SMILES string of the molecule is Clc1cc2c3c4c(ccc5c4c4c(ccc6c4c3c1C6)C5)C2. The molecule has 0 amide bonds. The van der Waals surface area contributed by atoms with Crippen molar-refractivity contribution in [1.82, 2.24) is 0 Å². The van der Waals surface area contributed by atoms with E-state index in [-0.39, 0.29) is 0 Å². The quantitative estimate of drug-likeness (QED) is 0.324. The van der Waals surface area contributed by atoms with Crippen molar-refractivity contribution < 1.29 is 0 Å². The summed E-state index contributed by atoms with van der Waals surface area (Å²) >= 11 is 6.66. The van der Waals surface area contributed by atoms with Gasteiger partial charge in [0.05, 0.1) is 0 Å². The van der Waals surface area contributed by atoms with Crippen molar-refractivity contribution in [2.45, 2.75) is 19.3 Å². The fourth-order valence-electron chi connectivity index (χ4n) is 5.33. The molecular weight excluding hydrogens is 288 g/mol. The van der Waals surface area contributed by atoms with Gasteiger partial charge in [0.25, 0.3) is 0 Å². The Balaban J connectivity index is 2.01. The average Bonchev–Trinajstić information content (AvgIpc) is 3.15. The first-order valence-corrected chi connectivity index (χ1v) is 8.34. The lowest BCUT2D eigenvalue weighted by molar-refractivity contribution is 1.24. The zero-order valence-electron chi connectivity index (χ0n) is 11.9. The second-order valence-corrected chi connectivity index (χ2v) is 7.45. The van der Waals surface area contributed by atoms with E-state index < -0.39 is 0 Å². The molecule has 0 atom stereocenters. The number of benzene rings is 4. The molecule has 0 aromatic heterocycles. The zero-order valence-corrected chi connectivity index (χ0v) is 12.6. The minimum atomic E-state index is 0.966. The summed E-state index contributed by atoms with van der Waals surface area (Å²) in [5.41, 5.74) is 8.79. The van der Waals surface area contributed by atoms with E-state index in [9.17, 15) is 0 Å². The molecule has 0 saturated heterocycles. The molecule has 102 valence electrons. The van der Waals surface area contributed by atoms with Gasteiger partial charge in [-0.3, -0.25) is 0 Å². The van der Waals surface area contributed by atoms with Gasteiger partial charge in [-0.1, -0.05) is 35.9 Å². The summed E-state index contributed by atoms with van der Waals surface area (Å²) in [5, 5.41) is 10.1. The van der Waals surface area contributed by atoms with Crippen molar-refractivity contribution in [3.63, 3.8) is 0 Å². The molecule has 0 saturated carbocycles. The molecule has 0 heterocycles. The standard InChI is InChI=1S/C21H11Cl/c22-15-8-13-6-11-2-1-9-5-10-3-4-12-7-14(15)21-19(12)17(10)16(9)18(11)20(13)21/h1-4,8H,5-7H2. The van der Waals surface area contributed by atoms with E-state index in [4.69, 9.17) is 11.6 Å². The van der Waals surface area contributed by atoms with E-state index in [1.54, 1.807) is 5.39 Å². The smallest absolute Gasteiger partial charge is 0.0450 e. The largest absolute Gasteiger partial charge is 0.0840 e. The second kappa shape index (κ2) is 3.02. The number of halogens is 1. The summed E-state index contributed by atoms with van der Waals surface area (Å²) in [6.45, 7) is 0. The third kappa shape index (κ3) is 0.894. The lowest BCUT2D eigenvalue weighted by atomic mass is 9.94. The Labute approximate surface area is 132 Å². The van der Waals surface area contributed by atoms with Crippen LogP contribution < -0.4 is 0 Å². The van der Waals surface area contributed by atoms with E-state index in [0.29, 0.717) is 0 Å². The van der Waals surface area contributed by atoms with Crippen LogP contribution >= 0.6 is 11.6 Å². The van der Waals surface area contributed by atoms with Crippen LogP contribution in [0.5, 0.6) is 0 Å². The Morgan fingerprint density at radius 2 is 1.00 bits per heavy atom. The predicted molar refractivity (Wildman–Crippen MR) is 92.4 cm³/mol. The summed E-state index contributed by atoms with van der Waals surface area (Å²) < 4.78 is 0. The summed E-state index contributed by atoms with van der Waals surface area (Å²) in [5.74, 6) is 0. The Morgan fingerprint density at radius 1 is 0.545 bits per heavy atom. The van der Waals surface area contributed by atoms with E-state index in [0.717, 1.165) is 24.3 Å². The van der Waals surface area contributed by atoms with Gasteiger partial charge in [-0.2, -0.15) is 0 Å². The van der Waals surface area contributed by atoms with Gasteiger partial charge in [-0.15, -0.1) is 0 Å². The first-order chi connectivity index (χ1) is 10.8. The molecular formula is C21H11Cl.